The van der Waals surface area contributed by atoms with Gasteiger partial charge in [-0.25, -0.2) is 0 Å². The van der Waals surface area contributed by atoms with Gasteiger partial charge in [0.1, 0.15) is 0 Å². The Hall–Kier alpha value is -3.15. The number of carbonyl (C=O) groups is 1. The highest BCUT2D eigenvalue weighted by atomic mass is 16.5. The minimum Gasteiger partial charge on any atom is -0.504 e. The van der Waals surface area contributed by atoms with Crippen LogP contribution in [-0.2, 0) is 16.6 Å². The summed E-state index contributed by atoms with van der Waals surface area (Å²) in [5, 5.41) is 25.7. The van der Waals surface area contributed by atoms with Crippen molar-refractivity contribution >= 4 is 22.6 Å². The molecule has 36 heavy (non-hydrogen) atoms. The van der Waals surface area contributed by atoms with Crippen molar-refractivity contribution in [1.29, 1.82) is 0 Å². The molecule has 3 aromatic carbocycles. The number of hydrogen-bond donors (Lipinski definition) is 2. The fraction of sp³-hybridized carbons (Fsp3) is 0.387. The number of carbonyl (C=O) groups excluding carboxylic acids is 1. The van der Waals surface area contributed by atoms with Crippen molar-refractivity contribution < 1.29 is 19.7 Å². The van der Waals surface area contributed by atoms with E-state index >= 15 is 0 Å². The van der Waals surface area contributed by atoms with Crippen molar-refractivity contribution in [1.82, 2.24) is 4.90 Å². The van der Waals surface area contributed by atoms with Gasteiger partial charge >= 0.3 is 0 Å². The lowest BCUT2D eigenvalue weighted by Crippen LogP contribution is -2.77. The van der Waals surface area contributed by atoms with Gasteiger partial charge in [-0.15, -0.1) is 0 Å². The van der Waals surface area contributed by atoms with Crippen molar-refractivity contribution in [3.8, 4) is 11.5 Å². The molecule has 182 valence electrons. The van der Waals surface area contributed by atoms with Crippen LogP contribution in [0.2, 0.25) is 0 Å². The van der Waals surface area contributed by atoms with Crippen LogP contribution in [0.1, 0.15) is 42.4 Å². The van der Waals surface area contributed by atoms with Crippen molar-refractivity contribution in [3.05, 3.63) is 76.9 Å². The van der Waals surface area contributed by atoms with Gasteiger partial charge in [-0.3, -0.25) is 9.69 Å². The van der Waals surface area contributed by atoms with E-state index in [1.165, 1.54) is 12.8 Å². The van der Waals surface area contributed by atoms with Crippen molar-refractivity contribution in [2.75, 3.05) is 13.1 Å². The molecule has 1 saturated heterocycles. The first-order valence-corrected chi connectivity index (χ1v) is 13.2. The number of phenolic OH excluding ortho intramolecular Hbond substituents is 1. The maximum absolute atomic E-state index is 14.0. The molecule has 2 bridgehead atoms. The molecule has 0 aromatic heterocycles. The fourth-order valence-corrected chi connectivity index (χ4v) is 7.81. The van der Waals surface area contributed by atoms with Crippen LogP contribution in [-0.4, -0.2) is 51.7 Å². The Morgan fingerprint density at radius 3 is 2.75 bits per heavy atom. The number of ketones is 1. The lowest BCUT2D eigenvalue weighted by molar-refractivity contribution is -0.179. The summed E-state index contributed by atoms with van der Waals surface area (Å²) in [5.41, 5.74) is 1.62. The summed E-state index contributed by atoms with van der Waals surface area (Å²) in [6.45, 7) is 1.85. The van der Waals surface area contributed by atoms with Gasteiger partial charge in [0.15, 0.2) is 23.4 Å². The first-order valence-electron chi connectivity index (χ1n) is 13.2. The van der Waals surface area contributed by atoms with Crippen LogP contribution in [0.15, 0.2) is 60.2 Å². The zero-order chi connectivity index (χ0) is 24.2. The summed E-state index contributed by atoms with van der Waals surface area (Å²) in [6, 6.07) is 18.0. The molecule has 5 nitrogen and oxygen atoms in total. The van der Waals surface area contributed by atoms with Gasteiger partial charge < -0.3 is 14.9 Å². The van der Waals surface area contributed by atoms with E-state index in [1.807, 2.05) is 30.3 Å². The Morgan fingerprint density at radius 2 is 1.92 bits per heavy atom. The van der Waals surface area contributed by atoms with E-state index in [-0.39, 0.29) is 17.6 Å². The third-order valence-electron chi connectivity index (χ3n) is 9.64. The molecule has 8 rings (SSSR count). The number of aromatic hydroxyl groups is 1. The molecule has 2 N–H and O–H groups in total. The van der Waals surface area contributed by atoms with Gasteiger partial charge in [0.25, 0.3) is 0 Å². The number of phenols is 1. The molecular weight excluding hydrogens is 450 g/mol. The van der Waals surface area contributed by atoms with Gasteiger partial charge in [-0.05, 0) is 78.3 Å². The summed E-state index contributed by atoms with van der Waals surface area (Å²) >= 11 is 0. The summed E-state index contributed by atoms with van der Waals surface area (Å²) in [6.07, 6.45) is 5.34. The largest absolute Gasteiger partial charge is 0.504 e. The SMILES string of the molecule is O=C1/C(=C\c2ccc3ccccc3c2)C[C@@]2(O)[C@H]3Cc4ccc(O)c5c4[C@@]2(CCN3CC2CC2)[C@H]1O5. The maximum Gasteiger partial charge on any atom is 0.200 e. The number of rotatable bonds is 3. The van der Waals surface area contributed by atoms with Crippen LogP contribution in [0, 0.1) is 5.92 Å². The lowest BCUT2D eigenvalue weighted by atomic mass is 9.48. The van der Waals surface area contributed by atoms with Crippen LogP contribution < -0.4 is 4.74 Å². The van der Waals surface area contributed by atoms with Crippen LogP contribution in [0.3, 0.4) is 0 Å². The Morgan fingerprint density at radius 1 is 1.08 bits per heavy atom. The van der Waals surface area contributed by atoms with Crippen molar-refractivity contribution in [3.63, 3.8) is 0 Å². The molecule has 3 aliphatic carbocycles. The molecule has 2 heterocycles. The number of hydrogen-bond acceptors (Lipinski definition) is 5. The van der Waals surface area contributed by atoms with Crippen LogP contribution >= 0.6 is 0 Å². The second-order valence-electron chi connectivity index (χ2n) is 11.6. The smallest absolute Gasteiger partial charge is 0.200 e. The monoisotopic (exact) mass is 479 g/mol. The summed E-state index contributed by atoms with van der Waals surface area (Å²) < 4.78 is 6.33. The standard InChI is InChI=1S/C31H29NO4/c33-24-10-9-22-15-25-31(35)16-23(14-19-7-8-20-3-1-2-4-21(20)13-19)27(34)29-30(31,26(22)28(24)36-29)11-12-32(25)17-18-5-6-18/h1-4,7-10,13-14,18,25,29,33,35H,5-6,11-12,15-17H2/b23-14-/t25-,29+,30+,31-/m1/s1. The fourth-order valence-electron chi connectivity index (χ4n) is 7.81. The molecule has 5 heteroatoms. The minimum absolute atomic E-state index is 0.0617. The normalized spacial score (nSPS) is 33.6. The summed E-state index contributed by atoms with van der Waals surface area (Å²) in [4.78, 5) is 16.5. The highest BCUT2D eigenvalue weighted by Gasteiger charge is 2.74. The van der Waals surface area contributed by atoms with Gasteiger partial charge in [0.05, 0.1) is 11.0 Å². The topological polar surface area (TPSA) is 70.0 Å². The van der Waals surface area contributed by atoms with Gasteiger partial charge in [-0.2, -0.15) is 0 Å². The Bertz CT molecular complexity index is 1490. The third-order valence-corrected chi connectivity index (χ3v) is 9.64. The predicted octanol–water partition coefficient (Wildman–Crippen LogP) is 4.37. The number of nitrogens with zero attached hydrogens (tertiary/aromatic N) is 1. The maximum atomic E-state index is 14.0. The molecular formula is C31H29NO4. The molecule has 2 saturated carbocycles. The highest BCUT2D eigenvalue weighted by molar-refractivity contribution is 6.06. The van der Waals surface area contributed by atoms with Crippen LogP contribution in [0.4, 0.5) is 0 Å². The minimum atomic E-state index is -1.13. The van der Waals surface area contributed by atoms with E-state index in [4.69, 9.17) is 4.74 Å². The van der Waals surface area contributed by atoms with Crippen LogP contribution in [0.5, 0.6) is 11.5 Å². The zero-order valence-electron chi connectivity index (χ0n) is 20.1. The summed E-state index contributed by atoms with van der Waals surface area (Å²) in [7, 11) is 0. The molecule has 2 aliphatic heterocycles. The second kappa shape index (κ2) is 6.99. The number of fused-ring (bicyclic) bond motifs is 1. The van der Waals surface area contributed by atoms with Crippen LogP contribution in [0.25, 0.3) is 16.8 Å². The third kappa shape index (κ3) is 2.60. The number of piperidine rings is 1. The van der Waals surface area contributed by atoms with E-state index in [2.05, 4.69) is 29.2 Å². The molecule has 3 aromatic rings. The molecule has 5 aliphatic rings. The average Bonchev–Trinajstić information content (AvgIpc) is 3.62. The number of ether oxygens (including phenoxy) is 1. The second-order valence-corrected chi connectivity index (χ2v) is 11.6. The predicted molar refractivity (Wildman–Crippen MR) is 137 cm³/mol. The van der Waals surface area contributed by atoms with Gasteiger partial charge in [0.2, 0.25) is 0 Å². The Labute approximate surface area is 210 Å². The average molecular weight is 480 g/mol. The molecule has 4 atom stereocenters. The zero-order valence-corrected chi connectivity index (χ0v) is 20.1. The van der Waals surface area contributed by atoms with Crippen molar-refractivity contribution in [2.24, 2.45) is 5.92 Å². The highest BCUT2D eigenvalue weighted by Crippen LogP contribution is 2.65. The number of benzene rings is 3. The van der Waals surface area contributed by atoms with E-state index in [9.17, 15) is 15.0 Å². The number of Topliss-reactive ketones (excluding diaryl/α,β-unsaturated/α-hetero) is 1. The number of likely N-dealkylation sites (tertiary alicyclic amines) is 1. The van der Waals surface area contributed by atoms with Gasteiger partial charge in [-0.1, -0.05) is 42.5 Å². The molecule has 1 spiro atoms. The molecule has 0 amide bonds. The number of aliphatic hydroxyl groups is 1. The van der Waals surface area contributed by atoms with E-state index in [1.54, 1.807) is 6.07 Å². The molecule has 3 fully saturated rings. The van der Waals surface area contributed by atoms with Crippen molar-refractivity contribution in [2.45, 2.75) is 55.3 Å². The Kier molecular flexibility index (Phi) is 4.07. The van der Waals surface area contributed by atoms with E-state index in [0.717, 1.165) is 40.6 Å². The first kappa shape index (κ1) is 21.0. The van der Waals surface area contributed by atoms with Gasteiger partial charge in [0, 0.05) is 30.1 Å². The van der Waals surface area contributed by atoms with E-state index in [0.29, 0.717) is 36.5 Å². The summed E-state index contributed by atoms with van der Waals surface area (Å²) in [5.74, 6) is 1.12. The quantitative estimate of drug-likeness (QED) is 0.546. The van der Waals surface area contributed by atoms with E-state index < -0.39 is 17.1 Å². The molecule has 0 unspecified atom stereocenters. The lowest BCUT2D eigenvalue weighted by Gasteiger charge is -2.62. The first-order chi connectivity index (χ1) is 17.5. The molecule has 0 radical (unpaired) electrons. The Balaban J connectivity index is 1.29.